The molecule has 2 nitrogen and oxygen atoms in total. The van der Waals surface area contributed by atoms with Crippen molar-refractivity contribution in [2.45, 2.75) is 51.1 Å². The second-order valence-corrected chi connectivity index (χ2v) is 5.52. The average Bonchev–Trinajstić information content (AvgIpc) is 2.34. The molecule has 2 aliphatic rings. The van der Waals surface area contributed by atoms with Crippen molar-refractivity contribution in [1.82, 2.24) is 0 Å². The highest BCUT2D eigenvalue weighted by atomic mass is 19.1. The second-order valence-electron chi connectivity index (χ2n) is 5.52. The number of halogens is 1. The van der Waals surface area contributed by atoms with E-state index in [1.165, 1.54) is 0 Å². The fourth-order valence-corrected chi connectivity index (χ4v) is 3.69. The molecule has 1 N–H and O–H groups in total. The molecule has 0 saturated heterocycles. The normalized spacial score (nSPS) is 44.3. The van der Waals surface area contributed by atoms with Crippen molar-refractivity contribution in [1.29, 1.82) is 0 Å². The third-order valence-electron chi connectivity index (χ3n) is 4.19. The zero-order valence-electron chi connectivity index (χ0n) is 9.21. The maximum absolute atomic E-state index is 13.9. The zero-order valence-corrected chi connectivity index (χ0v) is 9.21. The van der Waals surface area contributed by atoms with Gasteiger partial charge in [-0.15, -0.1) is 0 Å². The molecular weight excluding hydrogens is 195 g/mol. The van der Waals surface area contributed by atoms with Crippen molar-refractivity contribution < 1.29 is 14.3 Å². The van der Waals surface area contributed by atoms with Crippen LogP contribution in [0.5, 0.6) is 0 Å². The molecule has 0 aliphatic heterocycles. The summed E-state index contributed by atoms with van der Waals surface area (Å²) < 4.78 is 13.9. The Balaban J connectivity index is 1.96. The Labute approximate surface area is 89.9 Å². The topological polar surface area (TPSA) is 37.3 Å². The Morgan fingerprint density at radius 3 is 2.40 bits per heavy atom. The van der Waals surface area contributed by atoms with Crippen molar-refractivity contribution in [3.8, 4) is 0 Å². The number of carbonyl (C=O) groups is 1. The lowest BCUT2D eigenvalue weighted by molar-refractivity contribution is -0.137. The van der Waals surface area contributed by atoms with Gasteiger partial charge < -0.3 is 5.11 Å². The van der Waals surface area contributed by atoms with Crippen LogP contribution in [0.25, 0.3) is 0 Å². The van der Waals surface area contributed by atoms with Crippen molar-refractivity contribution >= 4 is 5.97 Å². The smallest absolute Gasteiger partial charge is 0.303 e. The third-order valence-corrected chi connectivity index (χ3v) is 4.19. The summed E-state index contributed by atoms with van der Waals surface area (Å²) in [6, 6.07) is 0. The molecule has 2 aliphatic carbocycles. The summed E-state index contributed by atoms with van der Waals surface area (Å²) in [6.45, 7) is 1.70. The molecule has 2 unspecified atom stereocenters. The standard InChI is InChI=1S/C12H19FO2/c1-12(13)6-8-2-3-9(7-12)10(8)4-5-11(14)15/h8-10H,2-7H2,1H3,(H,14,15). The van der Waals surface area contributed by atoms with E-state index in [2.05, 4.69) is 0 Å². The minimum absolute atomic E-state index is 0.251. The van der Waals surface area contributed by atoms with E-state index in [1.807, 2.05) is 0 Å². The molecule has 2 fully saturated rings. The van der Waals surface area contributed by atoms with Gasteiger partial charge in [0, 0.05) is 6.42 Å². The second kappa shape index (κ2) is 3.76. The quantitative estimate of drug-likeness (QED) is 0.784. The lowest BCUT2D eigenvalue weighted by atomic mass is 9.71. The van der Waals surface area contributed by atoms with E-state index in [0.717, 1.165) is 19.3 Å². The SMILES string of the molecule is CC1(F)CC2CCC(C1)C2CCC(=O)O. The van der Waals surface area contributed by atoms with Gasteiger partial charge in [-0.3, -0.25) is 4.79 Å². The van der Waals surface area contributed by atoms with Crippen LogP contribution in [0.3, 0.4) is 0 Å². The predicted molar refractivity (Wildman–Crippen MR) is 55.3 cm³/mol. The lowest BCUT2D eigenvalue weighted by Crippen LogP contribution is -2.34. The van der Waals surface area contributed by atoms with Gasteiger partial charge in [-0.1, -0.05) is 0 Å². The van der Waals surface area contributed by atoms with E-state index >= 15 is 0 Å². The molecule has 0 radical (unpaired) electrons. The molecule has 0 amide bonds. The number of hydrogen-bond donors (Lipinski definition) is 1. The number of hydrogen-bond acceptors (Lipinski definition) is 1. The van der Waals surface area contributed by atoms with Crippen LogP contribution in [0.1, 0.15) is 45.4 Å². The molecule has 2 saturated carbocycles. The maximum atomic E-state index is 13.9. The molecule has 15 heavy (non-hydrogen) atoms. The summed E-state index contributed by atoms with van der Waals surface area (Å²) in [7, 11) is 0. The fraction of sp³-hybridized carbons (Fsp3) is 0.917. The van der Waals surface area contributed by atoms with E-state index in [4.69, 9.17) is 5.11 Å². The maximum Gasteiger partial charge on any atom is 0.303 e. The minimum atomic E-state index is -0.994. The van der Waals surface area contributed by atoms with Gasteiger partial charge in [-0.25, -0.2) is 4.39 Å². The minimum Gasteiger partial charge on any atom is -0.481 e. The number of carboxylic acid groups (broad SMARTS) is 1. The number of rotatable bonds is 3. The Morgan fingerprint density at radius 2 is 1.93 bits per heavy atom. The first-order chi connectivity index (χ1) is 6.98. The average molecular weight is 214 g/mol. The van der Waals surface area contributed by atoms with Crippen molar-refractivity contribution in [2.24, 2.45) is 17.8 Å². The van der Waals surface area contributed by atoms with E-state index in [-0.39, 0.29) is 6.42 Å². The molecule has 0 heterocycles. The highest BCUT2D eigenvalue weighted by Gasteiger charge is 2.47. The molecule has 86 valence electrons. The molecule has 0 aromatic heterocycles. The van der Waals surface area contributed by atoms with Crippen molar-refractivity contribution in [3.63, 3.8) is 0 Å². The molecule has 2 bridgehead atoms. The van der Waals surface area contributed by atoms with Crippen LogP contribution in [0.15, 0.2) is 0 Å². The molecule has 0 aromatic rings. The Morgan fingerprint density at radius 1 is 1.40 bits per heavy atom. The van der Waals surface area contributed by atoms with Crippen LogP contribution < -0.4 is 0 Å². The molecular formula is C12H19FO2. The van der Waals surface area contributed by atoms with Crippen LogP contribution in [0.4, 0.5) is 4.39 Å². The van der Waals surface area contributed by atoms with Crippen LogP contribution in [0, 0.1) is 17.8 Å². The fourth-order valence-electron chi connectivity index (χ4n) is 3.69. The number of aliphatic carboxylic acids is 1. The van der Waals surface area contributed by atoms with E-state index in [0.29, 0.717) is 30.6 Å². The first-order valence-corrected chi connectivity index (χ1v) is 5.89. The lowest BCUT2D eigenvalue weighted by Gasteiger charge is -2.37. The Bertz CT molecular complexity index is 246. The summed E-state index contributed by atoms with van der Waals surface area (Å²) in [5, 5.41) is 8.67. The molecule has 2 rings (SSSR count). The van der Waals surface area contributed by atoms with Gasteiger partial charge in [-0.2, -0.15) is 0 Å². The van der Waals surface area contributed by atoms with E-state index in [1.54, 1.807) is 6.92 Å². The van der Waals surface area contributed by atoms with Gasteiger partial charge in [0.05, 0.1) is 0 Å². The van der Waals surface area contributed by atoms with Crippen LogP contribution in [-0.2, 0) is 4.79 Å². The zero-order chi connectivity index (χ0) is 11.1. The number of alkyl halides is 1. The van der Waals surface area contributed by atoms with Gasteiger partial charge >= 0.3 is 5.97 Å². The van der Waals surface area contributed by atoms with Gasteiger partial charge in [-0.05, 0) is 56.8 Å². The summed E-state index contributed by atoms with van der Waals surface area (Å²) >= 11 is 0. The molecule has 0 spiro atoms. The highest BCUT2D eigenvalue weighted by Crippen LogP contribution is 2.53. The number of fused-ring (bicyclic) bond motifs is 2. The summed E-state index contributed by atoms with van der Waals surface area (Å²) in [5.74, 6) is 0.643. The summed E-state index contributed by atoms with van der Waals surface area (Å²) in [4.78, 5) is 10.5. The highest BCUT2D eigenvalue weighted by molar-refractivity contribution is 5.66. The van der Waals surface area contributed by atoms with Crippen LogP contribution in [0.2, 0.25) is 0 Å². The molecule has 3 heteroatoms. The van der Waals surface area contributed by atoms with Crippen molar-refractivity contribution in [3.05, 3.63) is 0 Å². The van der Waals surface area contributed by atoms with E-state index < -0.39 is 11.6 Å². The molecule has 0 aromatic carbocycles. The Hall–Kier alpha value is -0.600. The van der Waals surface area contributed by atoms with Crippen LogP contribution in [-0.4, -0.2) is 16.7 Å². The van der Waals surface area contributed by atoms with Gasteiger partial charge in [0.25, 0.3) is 0 Å². The Kier molecular flexibility index (Phi) is 2.73. The first-order valence-electron chi connectivity index (χ1n) is 5.89. The van der Waals surface area contributed by atoms with Gasteiger partial charge in [0.15, 0.2) is 0 Å². The monoisotopic (exact) mass is 214 g/mol. The van der Waals surface area contributed by atoms with E-state index in [9.17, 15) is 9.18 Å². The summed E-state index contributed by atoms with van der Waals surface area (Å²) in [6.07, 6.45) is 4.51. The van der Waals surface area contributed by atoms with Gasteiger partial charge in [0.2, 0.25) is 0 Å². The van der Waals surface area contributed by atoms with Crippen molar-refractivity contribution in [2.75, 3.05) is 0 Å². The molecule has 2 atom stereocenters. The predicted octanol–water partition coefficient (Wildman–Crippen LogP) is 3.02. The largest absolute Gasteiger partial charge is 0.481 e. The number of carboxylic acids is 1. The first kappa shape index (κ1) is 10.9. The van der Waals surface area contributed by atoms with Crippen LogP contribution >= 0.6 is 0 Å². The van der Waals surface area contributed by atoms with Gasteiger partial charge in [0.1, 0.15) is 5.67 Å². The third kappa shape index (κ3) is 2.32. The summed E-state index contributed by atoms with van der Waals surface area (Å²) in [5.41, 5.74) is -0.994.